The highest BCUT2D eigenvalue weighted by molar-refractivity contribution is 7.28. The van der Waals surface area contributed by atoms with Crippen molar-refractivity contribution in [2.45, 2.75) is 0 Å². The molecule has 0 N–H and O–H groups in total. The standard InChI is InChI=1S/C49H32N2S2/c1-4-10-33(11-5-1)34-16-18-35(19-17-34)36-20-25-41(26-21-36)51(40-14-8-3-9-15-40)42-27-22-37(23-28-42)39-24-29-43-46(32-39)52-45-31-30-44-48(47(43)45)53-49(50-44)38-12-6-2-7-13-38/h1-32H. The number of nitrogens with zero attached hydrogens (tertiary/aromatic N) is 2. The molecule has 10 aromatic rings. The molecule has 250 valence electrons. The van der Waals surface area contributed by atoms with Crippen LogP contribution in [-0.2, 0) is 0 Å². The summed E-state index contributed by atoms with van der Waals surface area (Å²) >= 11 is 3.65. The summed E-state index contributed by atoms with van der Waals surface area (Å²) in [6.45, 7) is 0. The Hall–Kier alpha value is -6.33. The van der Waals surface area contributed by atoms with Gasteiger partial charge in [0, 0.05) is 42.8 Å². The first-order chi connectivity index (χ1) is 26.2. The molecule has 0 spiro atoms. The number of rotatable bonds is 7. The van der Waals surface area contributed by atoms with Crippen LogP contribution in [0.2, 0.25) is 0 Å². The van der Waals surface area contributed by atoms with Crippen LogP contribution in [-0.4, -0.2) is 4.98 Å². The normalized spacial score (nSPS) is 11.4. The zero-order valence-corrected chi connectivity index (χ0v) is 30.3. The fraction of sp³-hybridized carbons (Fsp3) is 0. The molecule has 2 heterocycles. The fourth-order valence-electron chi connectivity index (χ4n) is 7.25. The SMILES string of the molecule is c1ccc(-c2ccc(-c3ccc(N(c4ccccc4)c4ccc(-c5ccc6c(c5)sc5ccc7nc(-c8ccccc8)sc7c56)cc4)cc3)cc2)cc1. The van der Waals surface area contributed by atoms with Gasteiger partial charge in [-0.3, -0.25) is 0 Å². The highest BCUT2D eigenvalue weighted by Crippen LogP contribution is 2.44. The first-order valence-corrected chi connectivity index (χ1v) is 19.4. The molecule has 0 saturated carbocycles. The van der Waals surface area contributed by atoms with Crippen molar-refractivity contribution >= 4 is 70.1 Å². The maximum absolute atomic E-state index is 5.00. The predicted octanol–water partition coefficient (Wildman–Crippen LogP) is 14.8. The van der Waals surface area contributed by atoms with E-state index in [1.54, 1.807) is 11.3 Å². The molecule has 2 nitrogen and oxygen atoms in total. The molecule has 0 radical (unpaired) electrons. The van der Waals surface area contributed by atoms with E-state index in [1.165, 1.54) is 63.8 Å². The summed E-state index contributed by atoms with van der Waals surface area (Å²) < 4.78 is 3.86. The molecular weight excluding hydrogens is 681 g/mol. The van der Waals surface area contributed by atoms with Crippen molar-refractivity contribution in [3.63, 3.8) is 0 Å². The average Bonchev–Trinajstić information content (AvgIpc) is 3.84. The Morgan fingerprint density at radius 3 is 1.43 bits per heavy atom. The van der Waals surface area contributed by atoms with Gasteiger partial charge in [0.2, 0.25) is 0 Å². The van der Waals surface area contributed by atoms with E-state index in [9.17, 15) is 0 Å². The Balaban J connectivity index is 0.956. The number of hydrogen-bond donors (Lipinski definition) is 0. The van der Waals surface area contributed by atoms with E-state index >= 15 is 0 Å². The Labute approximate surface area is 316 Å². The molecule has 0 bridgehead atoms. The Kier molecular flexibility index (Phi) is 7.90. The predicted molar refractivity (Wildman–Crippen MR) is 229 cm³/mol. The molecule has 0 fully saturated rings. The van der Waals surface area contributed by atoms with E-state index in [0.29, 0.717) is 0 Å². The second kappa shape index (κ2) is 13.3. The highest BCUT2D eigenvalue weighted by atomic mass is 32.1. The van der Waals surface area contributed by atoms with E-state index < -0.39 is 0 Å². The van der Waals surface area contributed by atoms with Crippen LogP contribution in [0.3, 0.4) is 0 Å². The van der Waals surface area contributed by atoms with Gasteiger partial charge in [-0.15, -0.1) is 22.7 Å². The summed E-state index contributed by atoms with van der Waals surface area (Å²) in [5.41, 5.74) is 12.9. The lowest BCUT2D eigenvalue weighted by Crippen LogP contribution is -2.09. The molecule has 10 rings (SSSR count). The van der Waals surface area contributed by atoms with Crippen molar-refractivity contribution in [2.24, 2.45) is 0 Å². The number of anilines is 3. The average molecular weight is 713 g/mol. The van der Waals surface area contributed by atoms with Gasteiger partial charge in [0.05, 0.1) is 10.2 Å². The zero-order valence-electron chi connectivity index (χ0n) is 28.7. The van der Waals surface area contributed by atoms with Crippen LogP contribution >= 0.6 is 22.7 Å². The van der Waals surface area contributed by atoms with E-state index in [2.05, 4.69) is 199 Å². The van der Waals surface area contributed by atoms with Gasteiger partial charge in [-0.2, -0.15) is 0 Å². The van der Waals surface area contributed by atoms with Crippen molar-refractivity contribution in [2.75, 3.05) is 4.90 Å². The molecule has 0 unspecified atom stereocenters. The smallest absolute Gasteiger partial charge is 0.124 e. The third kappa shape index (κ3) is 5.88. The molecule has 53 heavy (non-hydrogen) atoms. The fourth-order valence-corrected chi connectivity index (χ4v) is 9.59. The minimum Gasteiger partial charge on any atom is -0.311 e. The Morgan fingerprint density at radius 1 is 0.358 bits per heavy atom. The number of hydrogen-bond acceptors (Lipinski definition) is 4. The van der Waals surface area contributed by atoms with Crippen LogP contribution in [0.4, 0.5) is 17.1 Å². The second-order valence-corrected chi connectivity index (χ2v) is 15.3. The molecule has 0 amide bonds. The van der Waals surface area contributed by atoms with Crippen LogP contribution in [0.5, 0.6) is 0 Å². The first-order valence-electron chi connectivity index (χ1n) is 17.8. The summed E-state index contributed by atoms with van der Waals surface area (Å²) in [5.74, 6) is 0. The van der Waals surface area contributed by atoms with Crippen LogP contribution < -0.4 is 4.90 Å². The van der Waals surface area contributed by atoms with Gasteiger partial charge in [0.1, 0.15) is 5.01 Å². The maximum atomic E-state index is 5.00. The summed E-state index contributed by atoms with van der Waals surface area (Å²) in [7, 11) is 0. The van der Waals surface area contributed by atoms with E-state index in [-0.39, 0.29) is 0 Å². The van der Waals surface area contributed by atoms with E-state index in [1.807, 2.05) is 11.3 Å². The highest BCUT2D eigenvalue weighted by Gasteiger charge is 2.16. The Morgan fingerprint density at radius 2 is 0.830 bits per heavy atom. The van der Waals surface area contributed by atoms with E-state index in [0.717, 1.165) is 27.6 Å². The minimum atomic E-state index is 1.07. The molecule has 0 aliphatic rings. The third-order valence-electron chi connectivity index (χ3n) is 9.94. The molecule has 8 aromatic carbocycles. The van der Waals surface area contributed by atoms with Crippen LogP contribution in [0, 0.1) is 0 Å². The first kappa shape index (κ1) is 31.4. The van der Waals surface area contributed by atoms with Gasteiger partial charge in [0.25, 0.3) is 0 Å². The molecule has 2 aromatic heterocycles. The second-order valence-electron chi connectivity index (χ2n) is 13.2. The number of benzene rings is 8. The van der Waals surface area contributed by atoms with Gasteiger partial charge in [-0.05, 0) is 88.0 Å². The van der Waals surface area contributed by atoms with Crippen molar-refractivity contribution in [1.82, 2.24) is 4.98 Å². The monoisotopic (exact) mass is 712 g/mol. The van der Waals surface area contributed by atoms with Gasteiger partial charge in [-0.1, -0.05) is 140 Å². The quantitative estimate of drug-likeness (QED) is 0.164. The third-order valence-corrected chi connectivity index (χ3v) is 12.2. The maximum Gasteiger partial charge on any atom is 0.124 e. The number of thiazole rings is 1. The van der Waals surface area contributed by atoms with Crippen molar-refractivity contribution < 1.29 is 0 Å². The lowest BCUT2D eigenvalue weighted by Gasteiger charge is -2.26. The molecular formula is C49H32N2S2. The minimum absolute atomic E-state index is 1.07. The van der Waals surface area contributed by atoms with Crippen molar-refractivity contribution in [1.29, 1.82) is 0 Å². The zero-order chi connectivity index (χ0) is 35.1. The molecule has 0 aliphatic carbocycles. The van der Waals surface area contributed by atoms with Crippen LogP contribution in [0.15, 0.2) is 194 Å². The van der Waals surface area contributed by atoms with Crippen molar-refractivity contribution in [3.8, 4) is 44.0 Å². The molecule has 0 aliphatic heterocycles. The Bertz CT molecular complexity index is 2840. The van der Waals surface area contributed by atoms with Crippen molar-refractivity contribution in [3.05, 3.63) is 194 Å². The van der Waals surface area contributed by atoms with E-state index in [4.69, 9.17) is 4.98 Å². The lowest BCUT2D eigenvalue weighted by molar-refractivity contribution is 1.28. The molecule has 0 atom stereocenters. The number of fused-ring (bicyclic) bond motifs is 5. The summed E-state index contributed by atoms with van der Waals surface area (Å²) in [4.78, 5) is 7.33. The number of para-hydroxylation sites is 1. The lowest BCUT2D eigenvalue weighted by atomic mass is 10.00. The summed E-state index contributed by atoms with van der Waals surface area (Å²) in [6, 6.07) is 69.6. The number of aromatic nitrogens is 1. The molecule has 4 heteroatoms. The van der Waals surface area contributed by atoms with Gasteiger partial charge in [-0.25, -0.2) is 4.98 Å². The number of thiophene rings is 1. The largest absolute Gasteiger partial charge is 0.311 e. The topological polar surface area (TPSA) is 16.1 Å². The van der Waals surface area contributed by atoms with Crippen LogP contribution in [0.1, 0.15) is 0 Å². The van der Waals surface area contributed by atoms with Gasteiger partial charge in [0.15, 0.2) is 0 Å². The summed E-state index contributed by atoms with van der Waals surface area (Å²) in [5, 5.41) is 3.68. The summed E-state index contributed by atoms with van der Waals surface area (Å²) in [6.07, 6.45) is 0. The molecule has 0 saturated heterocycles. The van der Waals surface area contributed by atoms with Gasteiger partial charge >= 0.3 is 0 Å². The van der Waals surface area contributed by atoms with Crippen LogP contribution in [0.25, 0.3) is 74.3 Å². The van der Waals surface area contributed by atoms with Gasteiger partial charge < -0.3 is 4.90 Å².